The van der Waals surface area contributed by atoms with Crippen LogP contribution in [0.5, 0.6) is 5.75 Å². The SMILES string of the molecule is C=C1N(C(=O)COc2ccccc2)c2ccccc2C12Cc1ccccc1C2=O. The number of Topliss-reactive ketones (excluding diaryl/α,β-unsaturated/α-hetero) is 1. The Morgan fingerprint density at radius 2 is 1.66 bits per heavy atom. The number of rotatable bonds is 3. The normalized spacial score (nSPS) is 19.4. The Morgan fingerprint density at radius 1 is 0.966 bits per heavy atom. The summed E-state index contributed by atoms with van der Waals surface area (Å²) in [5.74, 6) is 0.384. The molecule has 1 aliphatic carbocycles. The third kappa shape index (κ3) is 2.46. The van der Waals surface area contributed by atoms with E-state index in [0.29, 0.717) is 29.1 Å². The molecule has 1 amide bonds. The third-order valence-electron chi connectivity index (χ3n) is 5.83. The molecule has 2 aliphatic rings. The highest BCUT2D eigenvalue weighted by Crippen LogP contribution is 2.54. The Balaban J connectivity index is 1.52. The largest absolute Gasteiger partial charge is 0.484 e. The first-order valence-corrected chi connectivity index (χ1v) is 9.55. The van der Waals surface area contributed by atoms with Crippen molar-refractivity contribution >= 4 is 17.4 Å². The summed E-state index contributed by atoms with van der Waals surface area (Å²) in [7, 11) is 0. The minimum atomic E-state index is -0.928. The lowest BCUT2D eigenvalue weighted by atomic mass is 9.76. The Labute approximate surface area is 169 Å². The molecule has 5 rings (SSSR count). The van der Waals surface area contributed by atoms with Gasteiger partial charge in [-0.15, -0.1) is 0 Å². The smallest absolute Gasteiger partial charge is 0.269 e. The molecule has 1 aliphatic heterocycles. The summed E-state index contributed by atoms with van der Waals surface area (Å²) in [5.41, 5.74) is 2.81. The predicted octanol–water partition coefficient (Wildman–Crippen LogP) is 4.30. The number of anilines is 1. The van der Waals surface area contributed by atoms with Crippen molar-refractivity contribution in [2.45, 2.75) is 11.8 Å². The van der Waals surface area contributed by atoms with Crippen LogP contribution in [-0.2, 0) is 16.6 Å². The van der Waals surface area contributed by atoms with Gasteiger partial charge in [-0.05, 0) is 35.7 Å². The fraction of sp³-hybridized carbons (Fsp3) is 0.120. The molecule has 4 heteroatoms. The summed E-state index contributed by atoms with van der Waals surface area (Å²) in [5, 5.41) is 0. The minimum absolute atomic E-state index is 0.00447. The Hall–Kier alpha value is -3.66. The Morgan fingerprint density at radius 3 is 2.45 bits per heavy atom. The number of nitrogens with zero attached hydrogens (tertiary/aromatic N) is 1. The van der Waals surface area contributed by atoms with Gasteiger partial charge in [-0.3, -0.25) is 14.5 Å². The van der Waals surface area contributed by atoms with Crippen molar-refractivity contribution in [3.8, 4) is 5.75 Å². The second-order valence-electron chi connectivity index (χ2n) is 7.36. The van der Waals surface area contributed by atoms with Gasteiger partial charge in [0.25, 0.3) is 5.91 Å². The number of benzene rings is 3. The average molecular weight is 381 g/mol. The van der Waals surface area contributed by atoms with Gasteiger partial charge in [-0.25, -0.2) is 0 Å². The minimum Gasteiger partial charge on any atom is -0.484 e. The highest BCUT2D eigenvalue weighted by atomic mass is 16.5. The lowest BCUT2D eigenvalue weighted by Crippen LogP contribution is -2.40. The van der Waals surface area contributed by atoms with E-state index >= 15 is 0 Å². The number of carbonyl (C=O) groups is 2. The van der Waals surface area contributed by atoms with Gasteiger partial charge in [0.15, 0.2) is 12.4 Å². The predicted molar refractivity (Wildman–Crippen MR) is 111 cm³/mol. The zero-order valence-corrected chi connectivity index (χ0v) is 15.8. The van der Waals surface area contributed by atoms with Crippen LogP contribution in [0.4, 0.5) is 5.69 Å². The van der Waals surface area contributed by atoms with Crippen molar-refractivity contribution in [3.63, 3.8) is 0 Å². The first kappa shape index (κ1) is 17.4. The summed E-state index contributed by atoms with van der Waals surface area (Å²) in [6.45, 7) is 4.09. The van der Waals surface area contributed by atoms with Gasteiger partial charge in [0, 0.05) is 11.3 Å². The number of ether oxygens (including phenoxy) is 1. The molecule has 29 heavy (non-hydrogen) atoms. The fourth-order valence-electron chi connectivity index (χ4n) is 4.47. The van der Waals surface area contributed by atoms with Gasteiger partial charge in [-0.1, -0.05) is 67.2 Å². The van der Waals surface area contributed by atoms with Crippen LogP contribution in [0.3, 0.4) is 0 Å². The molecule has 0 bridgehead atoms. The maximum atomic E-state index is 13.5. The molecule has 3 aromatic rings. The van der Waals surface area contributed by atoms with Crippen LogP contribution in [-0.4, -0.2) is 18.3 Å². The zero-order valence-electron chi connectivity index (χ0n) is 15.8. The van der Waals surface area contributed by atoms with Crippen LogP contribution >= 0.6 is 0 Å². The molecule has 0 saturated heterocycles. The molecule has 1 atom stereocenters. The van der Waals surface area contributed by atoms with E-state index in [9.17, 15) is 9.59 Å². The van der Waals surface area contributed by atoms with Gasteiger partial charge >= 0.3 is 0 Å². The molecule has 0 N–H and O–H groups in total. The van der Waals surface area contributed by atoms with Crippen molar-refractivity contribution in [3.05, 3.63) is 108 Å². The number of fused-ring (bicyclic) bond motifs is 3. The van der Waals surface area contributed by atoms with Crippen LogP contribution in [0.15, 0.2) is 91.1 Å². The molecule has 0 aromatic heterocycles. The first-order chi connectivity index (χ1) is 14.1. The second kappa shape index (κ2) is 6.45. The van der Waals surface area contributed by atoms with Gasteiger partial charge in [-0.2, -0.15) is 0 Å². The number of carbonyl (C=O) groups excluding carboxylic acids is 2. The summed E-state index contributed by atoms with van der Waals surface area (Å²) in [4.78, 5) is 28.2. The molecule has 0 saturated carbocycles. The number of para-hydroxylation sites is 2. The maximum Gasteiger partial charge on any atom is 0.269 e. The molecular weight excluding hydrogens is 362 g/mol. The van der Waals surface area contributed by atoms with Gasteiger partial charge in [0.05, 0.1) is 5.69 Å². The lowest BCUT2D eigenvalue weighted by Gasteiger charge is -2.26. The second-order valence-corrected chi connectivity index (χ2v) is 7.36. The number of hydrogen-bond donors (Lipinski definition) is 0. The first-order valence-electron chi connectivity index (χ1n) is 9.55. The van der Waals surface area contributed by atoms with Gasteiger partial charge in [0.2, 0.25) is 0 Å². The van der Waals surface area contributed by atoms with E-state index in [1.165, 1.54) is 0 Å². The Kier molecular flexibility index (Phi) is 3.88. The maximum absolute atomic E-state index is 13.5. The molecule has 1 spiro atoms. The standard InChI is InChI=1S/C25H19NO3/c1-17-25(15-18-9-5-6-12-20(18)24(25)28)21-13-7-8-14-22(21)26(17)23(27)16-29-19-10-3-2-4-11-19/h2-14H,1,15-16H2. The van der Waals surface area contributed by atoms with Crippen LogP contribution in [0.1, 0.15) is 21.5 Å². The van der Waals surface area contributed by atoms with E-state index in [1.807, 2.05) is 66.7 Å². The van der Waals surface area contributed by atoms with E-state index < -0.39 is 5.41 Å². The lowest BCUT2D eigenvalue weighted by molar-refractivity contribution is -0.120. The topological polar surface area (TPSA) is 46.6 Å². The molecule has 142 valence electrons. The molecule has 0 fully saturated rings. The third-order valence-corrected chi connectivity index (χ3v) is 5.83. The zero-order chi connectivity index (χ0) is 20.0. The number of hydrogen-bond acceptors (Lipinski definition) is 3. The summed E-state index contributed by atoms with van der Waals surface area (Å²) in [6, 6.07) is 24.4. The summed E-state index contributed by atoms with van der Waals surface area (Å²) < 4.78 is 5.67. The molecule has 0 radical (unpaired) electrons. The monoisotopic (exact) mass is 381 g/mol. The van der Waals surface area contributed by atoms with Crippen LogP contribution in [0, 0.1) is 0 Å². The Bertz CT molecular complexity index is 1150. The van der Waals surface area contributed by atoms with E-state index in [4.69, 9.17) is 4.74 Å². The summed E-state index contributed by atoms with van der Waals surface area (Å²) >= 11 is 0. The molecule has 4 nitrogen and oxygen atoms in total. The van der Waals surface area contributed by atoms with E-state index in [-0.39, 0.29) is 18.3 Å². The van der Waals surface area contributed by atoms with E-state index in [1.54, 1.807) is 17.0 Å². The van der Waals surface area contributed by atoms with Crippen molar-refractivity contribution in [2.24, 2.45) is 0 Å². The summed E-state index contributed by atoms with van der Waals surface area (Å²) in [6.07, 6.45) is 0.515. The van der Waals surface area contributed by atoms with Crippen molar-refractivity contribution in [1.29, 1.82) is 0 Å². The van der Waals surface area contributed by atoms with Crippen molar-refractivity contribution in [1.82, 2.24) is 0 Å². The molecular formula is C25H19NO3. The van der Waals surface area contributed by atoms with Gasteiger partial charge in [0.1, 0.15) is 11.2 Å². The van der Waals surface area contributed by atoms with Gasteiger partial charge < -0.3 is 4.74 Å². The number of allylic oxidation sites excluding steroid dienone is 1. The van der Waals surface area contributed by atoms with Crippen molar-refractivity contribution < 1.29 is 14.3 Å². The molecule has 3 aromatic carbocycles. The molecule has 1 unspecified atom stereocenters. The van der Waals surface area contributed by atoms with Crippen LogP contribution < -0.4 is 9.64 Å². The van der Waals surface area contributed by atoms with Crippen LogP contribution in [0.2, 0.25) is 0 Å². The average Bonchev–Trinajstić information content (AvgIpc) is 3.20. The number of ketones is 1. The molecule has 1 heterocycles. The van der Waals surface area contributed by atoms with E-state index in [0.717, 1.165) is 11.1 Å². The fourth-order valence-corrected chi connectivity index (χ4v) is 4.47. The van der Waals surface area contributed by atoms with Crippen molar-refractivity contribution in [2.75, 3.05) is 11.5 Å². The number of amides is 1. The van der Waals surface area contributed by atoms with E-state index in [2.05, 4.69) is 6.58 Å². The quantitative estimate of drug-likeness (QED) is 0.679. The highest BCUT2D eigenvalue weighted by molar-refractivity contribution is 6.16. The highest BCUT2D eigenvalue weighted by Gasteiger charge is 2.56. The van der Waals surface area contributed by atoms with Crippen LogP contribution in [0.25, 0.3) is 0 Å².